The minimum absolute atomic E-state index is 0.163. The molecule has 0 saturated carbocycles. The second-order valence-corrected chi connectivity index (χ2v) is 4.18. The maximum absolute atomic E-state index is 11.9. The van der Waals surface area contributed by atoms with E-state index in [2.05, 4.69) is 0 Å². The maximum atomic E-state index is 11.9. The van der Waals surface area contributed by atoms with Crippen LogP contribution >= 0.6 is 11.6 Å². The van der Waals surface area contributed by atoms with Crippen LogP contribution in [0.3, 0.4) is 0 Å². The summed E-state index contributed by atoms with van der Waals surface area (Å²) in [6.45, 7) is 0. The van der Waals surface area contributed by atoms with Crippen molar-refractivity contribution in [2.45, 2.75) is 0 Å². The molecule has 2 aromatic carbocycles. The van der Waals surface area contributed by atoms with E-state index in [4.69, 9.17) is 11.6 Å². The fourth-order valence-electron chi connectivity index (χ4n) is 1.55. The second kappa shape index (κ2) is 5.52. The zero-order chi connectivity index (χ0) is 13.0. The number of carbonyl (C=O) groups excluding carboxylic acids is 1. The van der Waals surface area contributed by atoms with E-state index in [0.717, 1.165) is 5.56 Å². The molecule has 0 unspecified atom stereocenters. The highest BCUT2D eigenvalue weighted by atomic mass is 35.5. The SMILES string of the molecule is O=C(/C=C/c1cccc(O)c1)c1ccccc1Cl. The Morgan fingerprint density at radius 2 is 1.89 bits per heavy atom. The Morgan fingerprint density at radius 3 is 2.61 bits per heavy atom. The average molecular weight is 259 g/mol. The van der Waals surface area contributed by atoms with Crippen molar-refractivity contribution in [3.05, 3.63) is 70.8 Å². The van der Waals surface area contributed by atoms with Crippen LogP contribution in [0.2, 0.25) is 5.02 Å². The number of halogens is 1. The van der Waals surface area contributed by atoms with Crippen molar-refractivity contribution in [3.8, 4) is 5.75 Å². The molecule has 0 radical (unpaired) electrons. The van der Waals surface area contributed by atoms with Gasteiger partial charge < -0.3 is 5.11 Å². The first-order valence-electron chi connectivity index (χ1n) is 5.43. The zero-order valence-electron chi connectivity index (χ0n) is 9.51. The molecule has 0 atom stereocenters. The van der Waals surface area contributed by atoms with Gasteiger partial charge in [-0.05, 0) is 35.9 Å². The molecule has 0 aliphatic rings. The van der Waals surface area contributed by atoms with Gasteiger partial charge in [0.05, 0.1) is 5.02 Å². The van der Waals surface area contributed by atoms with Crippen LogP contribution in [0.5, 0.6) is 5.75 Å². The lowest BCUT2D eigenvalue weighted by Crippen LogP contribution is -1.94. The highest BCUT2D eigenvalue weighted by Crippen LogP contribution is 2.17. The van der Waals surface area contributed by atoms with E-state index in [1.807, 2.05) is 0 Å². The lowest BCUT2D eigenvalue weighted by molar-refractivity contribution is 0.104. The monoisotopic (exact) mass is 258 g/mol. The van der Waals surface area contributed by atoms with E-state index in [9.17, 15) is 9.90 Å². The molecule has 18 heavy (non-hydrogen) atoms. The van der Waals surface area contributed by atoms with Crippen molar-refractivity contribution in [1.82, 2.24) is 0 Å². The van der Waals surface area contributed by atoms with Crippen molar-refractivity contribution in [2.24, 2.45) is 0 Å². The number of hydrogen-bond donors (Lipinski definition) is 1. The van der Waals surface area contributed by atoms with E-state index in [-0.39, 0.29) is 11.5 Å². The van der Waals surface area contributed by atoms with Gasteiger partial charge in [0.2, 0.25) is 0 Å². The van der Waals surface area contributed by atoms with E-state index in [1.54, 1.807) is 54.6 Å². The number of phenols is 1. The fourth-order valence-corrected chi connectivity index (χ4v) is 1.78. The first kappa shape index (κ1) is 12.4. The van der Waals surface area contributed by atoms with E-state index in [1.165, 1.54) is 6.08 Å². The van der Waals surface area contributed by atoms with Gasteiger partial charge in [-0.2, -0.15) is 0 Å². The number of benzene rings is 2. The molecule has 0 heterocycles. The van der Waals surface area contributed by atoms with E-state index in [0.29, 0.717) is 10.6 Å². The summed E-state index contributed by atoms with van der Waals surface area (Å²) in [5.41, 5.74) is 1.23. The molecule has 3 heteroatoms. The predicted octanol–water partition coefficient (Wildman–Crippen LogP) is 3.94. The molecule has 2 nitrogen and oxygen atoms in total. The van der Waals surface area contributed by atoms with Gasteiger partial charge in [-0.15, -0.1) is 0 Å². The van der Waals surface area contributed by atoms with Crippen molar-refractivity contribution in [1.29, 1.82) is 0 Å². The summed E-state index contributed by atoms with van der Waals surface area (Å²) in [5, 5.41) is 9.73. The van der Waals surface area contributed by atoms with Crippen LogP contribution < -0.4 is 0 Å². The van der Waals surface area contributed by atoms with Crippen LogP contribution in [0.1, 0.15) is 15.9 Å². The second-order valence-electron chi connectivity index (χ2n) is 3.77. The quantitative estimate of drug-likeness (QED) is 0.669. The Labute approximate surface area is 110 Å². The van der Waals surface area contributed by atoms with Gasteiger partial charge in [0, 0.05) is 5.56 Å². The Hall–Kier alpha value is -2.06. The smallest absolute Gasteiger partial charge is 0.187 e. The van der Waals surface area contributed by atoms with Gasteiger partial charge in [0.1, 0.15) is 5.75 Å². The summed E-state index contributed by atoms with van der Waals surface area (Å²) in [7, 11) is 0. The topological polar surface area (TPSA) is 37.3 Å². The summed E-state index contributed by atoms with van der Waals surface area (Å²) in [4.78, 5) is 11.9. The molecule has 0 aliphatic heterocycles. The molecular weight excluding hydrogens is 248 g/mol. The third kappa shape index (κ3) is 2.99. The van der Waals surface area contributed by atoms with Crippen LogP contribution in [0.15, 0.2) is 54.6 Å². The highest BCUT2D eigenvalue weighted by molar-refractivity contribution is 6.34. The number of allylic oxidation sites excluding steroid dienone is 1. The molecule has 2 rings (SSSR count). The Morgan fingerprint density at radius 1 is 1.11 bits per heavy atom. The van der Waals surface area contributed by atoms with Crippen LogP contribution in [0.25, 0.3) is 6.08 Å². The third-order valence-electron chi connectivity index (χ3n) is 2.44. The van der Waals surface area contributed by atoms with Crippen molar-refractivity contribution >= 4 is 23.5 Å². The van der Waals surface area contributed by atoms with E-state index >= 15 is 0 Å². The summed E-state index contributed by atoms with van der Waals surface area (Å²) in [5.74, 6) is 0.00582. The number of carbonyl (C=O) groups is 1. The number of ketones is 1. The van der Waals surface area contributed by atoms with Crippen LogP contribution in [0.4, 0.5) is 0 Å². The van der Waals surface area contributed by atoms with Crippen molar-refractivity contribution in [2.75, 3.05) is 0 Å². The molecule has 0 amide bonds. The number of aromatic hydroxyl groups is 1. The molecule has 2 aromatic rings. The van der Waals surface area contributed by atoms with Gasteiger partial charge in [0.25, 0.3) is 0 Å². The third-order valence-corrected chi connectivity index (χ3v) is 2.77. The van der Waals surface area contributed by atoms with Gasteiger partial charge >= 0.3 is 0 Å². The standard InChI is InChI=1S/C15H11ClO2/c16-14-7-2-1-6-13(14)15(18)9-8-11-4-3-5-12(17)10-11/h1-10,17H/b9-8+. The lowest BCUT2D eigenvalue weighted by atomic mass is 10.1. The molecule has 0 spiro atoms. The minimum atomic E-state index is -0.163. The van der Waals surface area contributed by atoms with Crippen LogP contribution in [0, 0.1) is 0 Å². The van der Waals surface area contributed by atoms with Crippen molar-refractivity contribution in [3.63, 3.8) is 0 Å². The van der Waals surface area contributed by atoms with Gasteiger partial charge in [-0.1, -0.05) is 41.9 Å². The number of phenolic OH excluding ortho intramolecular Hbond substituents is 1. The molecule has 0 fully saturated rings. The summed E-state index contributed by atoms with van der Waals surface area (Å²) in [6, 6.07) is 13.6. The average Bonchev–Trinajstić information content (AvgIpc) is 2.37. The van der Waals surface area contributed by atoms with Crippen LogP contribution in [-0.2, 0) is 0 Å². The van der Waals surface area contributed by atoms with Crippen molar-refractivity contribution < 1.29 is 9.90 Å². The highest BCUT2D eigenvalue weighted by Gasteiger charge is 2.05. The number of hydrogen-bond acceptors (Lipinski definition) is 2. The van der Waals surface area contributed by atoms with Gasteiger partial charge in [-0.3, -0.25) is 4.79 Å². The van der Waals surface area contributed by atoms with Gasteiger partial charge in [0.15, 0.2) is 5.78 Å². The fraction of sp³-hybridized carbons (Fsp3) is 0. The minimum Gasteiger partial charge on any atom is -0.508 e. The summed E-state index contributed by atoms with van der Waals surface area (Å²) >= 11 is 5.93. The molecule has 1 N–H and O–H groups in total. The molecule has 0 aromatic heterocycles. The van der Waals surface area contributed by atoms with Crippen LogP contribution in [-0.4, -0.2) is 10.9 Å². The largest absolute Gasteiger partial charge is 0.508 e. The Bertz CT molecular complexity index is 603. The number of rotatable bonds is 3. The molecule has 0 bridgehead atoms. The Kier molecular flexibility index (Phi) is 3.80. The molecule has 0 saturated heterocycles. The summed E-state index contributed by atoms with van der Waals surface area (Å²) < 4.78 is 0. The zero-order valence-corrected chi connectivity index (χ0v) is 10.3. The first-order chi connectivity index (χ1) is 8.66. The first-order valence-corrected chi connectivity index (χ1v) is 5.80. The molecule has 0 aliphatic carbocycles. The normalized spacial score (nSPS) is 10.7. The van der Waals surface area contributed by atoms with E-state index < -0.39 is 0 Å². The predicted molar refractivity (Wildman–Crippen MR) is 72.9 cm³/mol. The maximum Gasteiger partial charge on any atom is 0.187 e. The lowest BCUT2D eigenvalue weighted by Gasteiger charge is -1.98. The molecule has 90 valence electrons. The molecular formula is C15H11ClO2. The summed E-state index contributed by atoms with van der Waals surface area (Å²) in [6.07, 6.45) is 3.08. The van der Waals surface area contributed by atoms with Gasteiger partial charge in [-0.25, -0.2) is 0 Å². The Balaban J connectivity index is 2.20.